The summed E-state index contributed by atoms with van der Waals surface area (Å²) in [4.78, 5) is 23.3. The van der Waals surface area contributed by atoms with Crippen molar-refractivity contribution in [3.05, 3.63) is 42.2 Å². The van der Waals surface area contributed by atoms with Gasteiger partial charge in [-0.25, -0.2) is 9.67 Å². The maximum Gasteiger partial charge on any atom is 0.294 e. The van der Waals surface area contributed by atoms with E-state index in [0.29, 0.717) is 0 Å². The second-order valence-electron chi connectivity index (χ2n) is 7.33. The van der Waals surface area contributed by atoms with E-state index in [1.54, 1.807) is 23.4 Å². The maximum atomic E-state index is 13.0. The Morgan fingerprint density at radius 2 is 1.92 bits per heavy atom. The summed E-state index contributed by atoms with van der Waals surface area (Å²) in [6.07, 6.45) is 9.48. The van der Waals surface area contributed by atoms with Gasteiger partial charge in [0, 0.05) is 18.9 Å². The fourth-order valence-electron chi connectivity index (χ4n) is 3.10. The third kappa shape index (κ3) is 3.47. The molecule has 24 heavy (non-hydrogen) atoms. The lowest BCUT2D eigenvalue weighted by Crippen LogP contribution is -2.35. The van der Waals surface area contributed by atoms with Crippen LogP contribution in [0.4, 0.5) is 0 Å². The van der Waals surface area contributed by atoms with Gasteiger partial charge >= 0.3 is 0 Å². The molecule has 0 bridgehead atoms. The number of aromatic nitrogens is 4. The molecule has 1 amide bonds. The summed E-state index contributed by atoms with van der Waals surface area (Å²) in [6.45, 7) is 6.88. The fraction of sp³-hybridized carbons (Fsp3) is 0.556. The quantitative estimate of drug-likeness (QED) is 0.850. The molecule has 6 nitrogen and oxygen atoms in total. The van der Waals surface area contributed by atoms with Gasteiger partial charge in [-0.15, -0.1) is 5.10 Å². The molecule has 0 aliphatic carbocycles. The first-order valence-electron chi connectivity index (χ1n) is 8.60. The highest BCUT2D eigenvalue weighted by Gasteiger charge is 2.30. The number of amides is 1. The van der Waals surface area contributed by atoms with Crippen LogP contribution in [-0.4, -0.2) is 37.1 Å². The average molecular weight is 327 g/mol. The molecule has 0 N–H and O–H groups in total. The molecule has 1 saturated heterocycles. The van der Waals surface area contributed by atoms with E-state index < -0.39 is 0 Å². The monoisotopic (exact) mass is 327 g/mol. The Hall–Kier alpha value is -2.24. The summed E-state index contributed by atoms with van der Waals surface area (Å²) < 4.78 is 1.75. The van der Waals surface area contributed by atoms with Crippen LogP contribution in [0.15, 0.2) is 30.9 Å². The zero-order chi connectivity index (χ0) is 17.2. The van der Waals surface area contributed by atoms with Crippen LogP contribution < -0.4 is 0 Å². The molecule has 1 aliphatic rings. The predicted molar refractivity (Wildman–Crippen MR) is 91.5 cm³/mol. The molecule has 1 atom stereocenters. The number of hydrogen-bond acceptors (Lipinski definition) is 4. The van der Waals surface area contributed by atoms with Crippen molar-refractivity contribution in [2.45, 2.75) is 58.0 Å². The highest BCUT2D eigenvalue weighted by molar-refractivity contribution is 5.90. The first-order valence-corrected chi connectivity index (χ1v) is 8.60. The van der Waals surface area contributed by atoms with Gasteiger partial charge in [0.05, 0.1) is 11.6 Å². The van der Waals surface area contributed by atoms with E-state index >= 15 is 0 Å². The van der Waals surface area contributed by atoms with Crippen LogP contribution in [0.5, 0.6) is 0 Å². The minimum Gasteiger partial charge on any atom is -0.329 e. The summed E-state index contributed by atoms with van der Waals surface area (Å²) in [7, 11) is 0. The number of likely N-dealkylation sites (tertiary alicyclic amines) is 1. The van der Waals surface area contributed by atoms with Crippen molar-refractivity contribution < 1.29 is 4.79 Å². The second kappa shape index (κ2) is 6.71. The Bertz CT molecular complexity index is 689. The van der Waals surface area contributed by atoms with Crippen molar-refractivity contribution in [2.24, 2.45) is 0 Å². The lowest BCUT2D eigenvalue weighted by atomic mass is 10.0. The van der Waals surface area contributed by atoms with Crippen LogP contribution in [0, 0.1) is 0 Å². The van der Waals surface area contributed by atoms with Crippen LogP contribution in [0.1, 0.15) is 68.7 Å². The van der Waals surface area contributed by atoms with E-state index in [4.69, 9.17) is 0 Å². The summed E-state index contributed by atoms with van der Waals surface area (Å²) in [5, 5.41) is 4.42. The van der Waals surface area contributed by atoms with Gasteiger partial charge in [-0.05, 0) is 51.3 Å². The van der Waals surface area contributed by atoms with Crippen molar-refractivity contribution in [1.29, 1.82) is 0 Å². The van der Waals surface area contributed by atoms with Crippen LogP contribution >= 0.6 is 0 Å². The molecule has 1 aliphatic heterocycles. The van der Waals surface area contributed by atoms with E-state index in [0.717, 1.165) is 37.8 Å². The Morgan fingerprint density at radius 1 is 1.17 bits per heavy atom. The van der Waals surface area contributed by atoms with Crippen LogP contribution in [-0.2, 0) is 5.54 Å². The van der Waals surface area contributed by atoms with Gasteiger partial charge in [-0.2, -0.15) is 0 Å². The summed E-state index contributed by atoms with van der Waals surface area (Å²) in [5.41, 5.74) is 0.949. The Kier molecular flexibility index (Phi) is 4.64. The Morgan fingerprint density at radius 3 is 2.58 bits per heavy atom. The zero-order valence-electron chi connectivity index (χ0n) is 14.6. The van der Waals surface area contributed by atoms with Gasteiger partial charge in [-0.1, -0.05) is 12.8 Å². The van der Waals surface area contributed by atoms with E-state index in [1.165, 1.54) is 0 Å². The summed E-state index contributed by atoms with van der Waals surface area (Å²) in [6, 6.07) is 4.07. The van der Waals surface area contributed by atoms with Crippen LogP contribution in [0.3, 0.4) is 0 Å². The highest BCUT2D eigenvalue weighted by Crippen LogP contribution is 2.30. The smallest absolute Gasteiger partial charge is 0.294 e. The van der Waals surface area contributed by atoms with Gasteiger partial charge in [0.2, 0.25) is 5.82 Å². The molecular formula is C18H25N5O. The molecule has 1 fully saturated rings. The Balaban J connectivity index is 1.89. The molecule has 2 aromatic rings. The number of carbonyl (C=O) groups excluding carboxylic acids is 1. The SMILES string of the molecule is CC(C)(C)n1cnc(C(=O)N2CCCCCC2c2ccncc2)n1. The molecule has 128 valence electrons. The normalized spacial score (nSPS) is 19.1. The van der Waals surface area contributed by atoms with E-state index in [2.05, 4.69) is 15.1 Å². The van der Waals surface area contributed by atoms with E-state index in [1.807, 2.05) is 37.8 Å². The van der Waals surface area contributed by atoms with Crippen molar-refractivity contribution in [1.82, 2.24) is 24.6 Å². The van der Waals surface area contributed by atoms with Gasteiger partial charge in [0.15, 0.2) is 0 Å². The van der Waals surface area contributed by atoms with Crippen LogP contribution in [0.25, 0.3) is 0 Å². The highest BCUT2D eigenvalue weighted by atomic mass is 16.2. The molecule has 0 saturated carbocycles. The van der Waals surface area contributed by atoms with Crippen molar-refractivity contribution in [3.8, 4) is 0 Å². The van der Waals surface area contributed by atoms with Gasteiger partial charge in [0.1, 0.15) is 6.33 Å². The second-order valence-corrected chi connectivity index (χ2v) is 7.33. The molecular weight excluding hydrogens is 302 g/mol. The molecule has 6 heteroatoms. The molecule has 3 rings (SSSR count). The van der Waals surface area contributed by atoms with Gasteiger partial charge in [-0.3, -0.25) is 9.78 Å². The van der Waals surface area contributed by atoms with Gasteiger partial charge < -0.3 is 4.90 Å². The largest absolute Gasteiger partial charge is 0.329 e. The Labute approximate surface area is 142 Å². The first-order chi connectivity index (χ1) is 11.5. The molecule has 0 radical (unpaired) electrons. The number of rotatable bonds is 2. The zero-order valence-corrected chi connectivity index (χ0v) is 14.6. The minimum absolute atomic E-state index is 0.0737. The maximum absolute atomic E-state index is 13.0. The van der Waals surface area contributed by atoms with Crippen molar-refractivity contribution in [3.63, 3.8) is 0 Å². The lowest BCUT2D eigenvalue weighted by Gasteiger charge is -2.29. The summed E-state index contributed by atoms with van der Waals surface area (Å²) >= 11 is 0. The van der Waals surface area contributed by atoms with E-state index in [-0.39, 0.29) is 23.3 Å². The van der Waals surface area contributed by atoms with Crippen molar-refractivity contribution >= 4 is 5.91 Å². The van der Waals surface area contributed by atoms with E-state index in [9.17, 15) is 4.79 Å². The number of hydrogen-bond donors (Lipinski definition) is 0. The fourth-order valence-corrected chi connectivity index (χ4v) is 3.10. The third-order valence-corrected chi connectivity index (χ3v) is 4.47. The lowest BCUT2D eigenvalue weighted by molar-refractivity contribution is 0.0667. The third-order valence-electron chi connectivity index (χ3n) is 4.47. The topological polar surface area (TPSA) is 63.9 Å². The van der Waals surface area contributed by atoms with Gasteiger partial charge in [0.25, 0.3) is 5.91 Å². The number of pyridine rings is 1. The van der Waals surface area contributed by atoms with Crippen molar-refractivity contribution in [2.75, 3.05) is 6.54 Å². The standard InChI is InChI=1S/C18H25N5O/c1-18(2,3)23-13-20-16(21-23)17(24)22-12-6-4-5-7-15(22)14-8-10-19-11-9-14/h8-11,13,15H,4-7,12H2,1-3H3. The average Bonchev–Trinajstić information content (AvgIpc) is 2.94. The molecule has 2 aromatic heterocycles. The number of nitrogens with zero attached hydrogens (tertiary/aromatic N) is 5. The molecule has 0 aromatic carbocycles. The molecule has 1 unspecified atom stereocenters. The number of carbonyl (C=O) groups is 1. The predicted octanol–water partition coefficient (Wildman–Crippen LogP) is 3.19. The molecule has 3 heterocycles. The molecule has 0 spiro atoms. The summed E-state index contributed by atoms with van der Waals surface area (Å²) in [5.74, 6) is 0.201. The van der Waals surface area contributed by atoms with Crippen LogP contribution in [0.2, 0.25) is 0 Å². The first kappa shape index (κ1) is 16.6. The minimum atomic E-state index is -0.186.